The van der Waals surface area contributed by atoms with Crippen LogP contribution in [-0.4, -0.2) is 61.4 Å². The van der Waals surface area contributed by atoms with Crippen LogP contribution >= 0.6 is 15.9 Å². The van der Waals surface area contributed by atoms with Crippen LogP contribution in [0, 0.1) is 0 Å². The van der Waals surface area contributed by atoms with Crippen LogP contribution in [0.1, 0.15) is 19.3 Å². The van der Waals surface area contributed by atoms with Crippen LogP contribution in [-0.2, 0) is 19.4 Å². The summed E-state index contributed by atoms with van der Waals surface area (Å²) in [4.78, 5) is 14.1. The van der Waals surface area contributed by atoms with Gasteiger partial charge in [0.15, 0.2) is 9.84 Å². The number of halogens is 1. The summed E-state index contributed by atoms with van der Waals surface area (Å²) in [6.07, 6.45) is 1.96. The van der Waals surface area contributed by atoms with Gasteiger partial charge < -0.3 is 9.64 Å². The number of carbonyl (C=O) groups is 1. The molecule has 2 aliphatic heterocycles. The van der Waals surface area contributed by atoms with E-state index in [4.69, 9.17) is 4.74 Å². The van der Waals surface area contributed by atoms with Gasteiger partial charge in [-0.1, -0.05) is 22.4 Å². The zero-order valence-corrected chi connectivity index (χ0v) is 12.6. The van der Waals surface area contributed by atoms with Crippen LogP contribution in [0.4, 0.5) is 0 Å². The minimum absolute atomic E-state index is 0.0524. The van der Waals surface area contributed by atoms with Crippen LogP contribution in [0.3, 0.4) is 0 Å². The van der Waals surface area contributed by atoms with Crippen LogP contribution in [0.15, 0.2) is 0 Å². The molecule has 2 atom stereocenters. The molecule has 0 radical (unpaired) electrons. The molecular formula is C11H18BrNO4S. The Bertz CT molecular complexity index is 411. The molecule has 104 valence electrons. The Kier molecular flexibility index (Phi) is 4.66. The molecule has 2 fully saturated rings. The van der Waals surface area contributed by atoms with Gasteiger partial charge in [0.05, 0.1) is 25.0 Å². The minimum Gasteiger partial charge on any atom is -0.377 e. The van der Waals surface area contributed by atoms with Gasteiger partial charge in [-0.3, -0.25) is 4.79 Å². The molecule has 1 amide bonds. The van der Waals surface area contributed by atoms with Crippen molar-refractivity contribution >= 4 is 31.7 Å². The van der Waals surface area contributed by atoms with E-state index in [0.29, 0.717) is 37.9 Å². The van der Waals surface area contributed by atoms with Gasteiger partial charge in [0.2, 0.25) is 5.91 Å². The van der Waals surface area contributed by atoms with Crippen molar-refractivity contribution in [2.24, 2.45) is 0 Å². The van der Waals surface area contributed by atoms with E-state index in [1.807, 2.05) is 0 Å². The Hall–Kier alpha value is -0.140. The smallest absolute Gasteiger partial charge is 0.241 e. The third kappa shape index (κ3) is 2.88. The molecule has 0 aromatic heterocycles. The van der Waals surface area contributed by atoms with Crippen molar-refractivity contribution < 1.29 is 17.9 Å². The van der Waals surface area contributed by atoms with Gasteiger partial charge in [0, 0.05) is 11.9 Å². The van der Waals surface area contributed by atoms with Gasteiger partial charge in [-0.25, -0.2) is 8.42 Å². The standard InChI is InChI=1S/C11H18BrNO4S/c12-7-9-8-17-5-4-13(9)11(14)10-3-1-2-6-18(10,15)16/h9-10H,1-8H2. The lowest BCUT2D eigenvalue weighted by molar-refractivity contribution is -0.138. The number of morpholine rings is 1. The van der Waals surface area contributed by atoms with Crippen LogP contribution in [0.2, 0.25) is 0 Å². The number of carbonyl (C=O) groups excluding carboxylic acids is 1. The molecule has 0 aromatic rings. The molecule has 2 heterocycles. The second-order valence-electron chi connectivity index (χ2n) is 4.77. The summed E-state index contributed by atoms with van der Waals surface area (Å²) in [7, 11) is -3.25. The molecule has 0 saturated carbocycles. The molecule has 2 rings (SSSR count). The van der Waals surface area contributed by atoms with Crippen molar-refractivity contribution in [2.75, 3.05) is 30.8 Å². The first-order valence-corrected chi connectivity index (χ1v) is 9.05. The average Bonchev–Trinajstić information content (AvgIpc) is 2.37. The fourth-order valence-corrected chi connectivity index (χ4v) is 4.89. The molecule has 0 N–H and O–H groups in total. The van der Waals surface area contributed by atoms with Gasteiger partial charge >= 0.3 is 0 Å². The monoisotopic (exact) mass is 339 g/mol. The number of ether oxygens (including phenoxy) is 1. The maximum atomic E-state index is 12.4. The second kappa shape index (κ2) is 5.88. The van der Waals surface area contributed by atoms with Crippen molar-refractivity contribution in [1.82, 2.24) is 4.90 Å². The third-order valence-electron chi connectivity index (χ3n) is 3.54. The molecular weight excluding hydrogens is 322 g/mol. The van der Waals surface area contributed by atoms with E-state index in [1.54, 1.807) is 4.90 Å². The Morgan fingerprint density at radius 2 is 2.17 bits per heavy atom. The number of amides is 1. The van der Waals surface area contributed by atoms with E-state index in [0.717, 1.165) is 6.42 Å². The molecule has 5 nitrogen and oxygen atoms in total. The third-order valence-corrected chi connectivity index (χ3v) is 6.45. The highest BCUT2D eigenvalue weighted by Crippen LogP contribution is 2.23. The highest BCUT2D eigenvalue weighted by molar-refractivity contribution is 9.09. The Balaban J connectivity index is 2.14. The van der Waals surface area contributed by atoms with E-state index in [-0.39, 0.29) is 17.7 Å². The number of alkyl halides is 1. The van der Waals surface area contributed by atoms with Gasteiger partial charge in [0.1, 0.15) is 5.25 Å². The van der Waals surface area contributed by atoms with Gasteiger partial charge in [-0.05, 0) is 12.8 Å². The fraction of sp³-hybridized carbons (Fsp3) is 0.909. The molecule has 2 aliphatic rings. The van der Waals surface area contributed by atoms with Crippen molar-refractivity contribution in [2.45, 2.75) is 30.6 Å². The van der Waals surface area contributed by atoms with Crippen molar-refractivity contribution in [3.63, 3.8) is 0 Å². The summed E-state index contributed by atoms with van der Waals surface area (Å²) in [6, 6.07) is -0.0524. The molecule has 18 heavy (non-hydrogen) atoms. The lowest BCUT2D eigenvalue weighted by Crippen LogP contribution is -2.55. The molecule has 0 aliphatic carbocycles. The highest BCUT2D eigenvalue weighted by atomic mass is 79.9. The predicted octanol–water partition coefficient (Wildman–Crippen LogP) is 0.576. The Morgan fingerprint density at radius 3 is 2.83 bits per heavy atom. The summed E-state index contributed by atoms with van der Waals surface area (Å²) in [5.74, 6) is -0.0883. The first-order valence-electron chi connectivity index (χ1n) is 6.22. The van der Waals surface area contributed by atoms with Crippen LogP contribution < -0.4 is 0 Å². The fourth-order valence-electron chi connectivity index (χ4n) is 2.49. The molecule has 0 aromatic carbocycles. The highest BCUT2D eigenvalue weighted by Gasteiger charge is 2.39. The topological polar surface area (TPSA) is 63.7 Å². The molecule has 0 bridgehead atoms. The number of hydrogen-bond acceptors (Lipinski definition) is 4. The summed E-state index contributed by atoms with van der Waals surface area (Å²) in [6.45, 7) is 1.45. The summed E-state index contributed by atoms with van der Waals surface area (Å²) in [5.41, 5.74) is 0. The van der Waals surface area contributed by atoms with Gasteiger partial charge in [-0.2, -0.15) is 0 Å². The van der Waals surface area contributed by atoms with Gasteiger partial charge in [0.25, 0.3) is 0 Å². The summed E-state index contributed by atoms with van der Waals surface area (Å²) < 4.78 is 29.3. The van der Waals surface area contributed by atoms with Crippen LogP contribution in [0.25, 0.3) is 0 Å². The van der Waals surface area contributed by atoms with E-state index in [9.17, 15) is 13.2 Å². The maximum Gasteiger partial charge on any atom is 0.241 e. The minimum atomic E-state index is -3.25. The average molecular weight is 340 g/mol. The van der Waals surface area contributed by atoms with E-state index < -0.39 is 15.1 Å². The van der Waals surface area contributed by atoms with Gasteiger partial charge in [-0.15, -0.1) is 0 Å². The molecule has 2 unspecified atom stereocenters. The Labute approximate surface area is 116 Å². The Morgan fingerprint density at radius 1 is 1.39 bits per heavy atom. The second-order valence-corrected chi connectivity index (χ2v) is 7.72. The lowest BCUT2D eigenvalue weighted by Gasteiger charge is -2.37. The van der Waals surface area contributed by atoms with Crippen molar-refractivity contribution in [3.8, 4) is 0 Å². The van der Waals surface area contributed by atoms with Crippen molar-refractivity contribution in [1.29, 1.82) is 0 Å². The normalized spacial score (nSPS) is 32.2. The predicted molar refractivity (Wildman–Crippen MR) is 71.5 cm³/mol. The zero-order chi connectivity index (χ0) is 13.2. The number of hydrogen-bond donors (Lipinski definition) is 0. The van der Waals surface area contributed by atoms with E-state index in [2.05, 4.69) is 15.9 Å². The quantitative estimate of drug-likeness (QED) is 0.690. The van der Waals surface area contributed by atoms with Crippen LogP contribution in [0.5, 0.6) is 0 Å². The van der Waals surface area contributed by atoms with E-state index in [1.165, 1.54) is 0 Å². The van der Waals surface area contributed by atoms with E-state index >= 15 is 0 Å². The first-order chi connectivity index (χ1) is 8.56. The SMILES string of the molecule is O=C(C1CCCCS1(=O)=O)N1CCOCC1CBr. The zero-order valence-electron chi connectivity index (χ0n) is 10.2. The van der Waals surface area contributed by atoms with Crippen molar-refractivity contribution in [3.05, 3.63) is 0 Å². The largest absolute Gasteiger partial charge is 0.377 e. The lowest BCUT2D eigenvalue weighted by atomic mass is 10.1. The molecule has 2 saturated heterocycles. The number of nitrogens with zero attached hydrogens (tertiary/aromatic N) is 1. The first kappa shape index (κ1) is 14.3. The maximum absolute atomic E-state index is 12.4. The molecule has 7 heteroatoms. The molecule has 0 spiro atoms. The summed E-state index contributed by atoms with van der Waals surface area (Å²) >= 11 is 3.35. The number of rotatable bonds is 2. The summed E-state index contributed by atoms with van der Waals surface area (Å²) in [5, 5.41) is -0.211. The number of sulfone groups is 1.